The summed E-state index contributed by atoms with van der Waals surface area (Å²) in [6.07, 6.45) is 4.92. The number of carbonyl (C=O) groups excluding carboxylic acids is 1. The molecule has 2 rings (SSSR count). The maximum Gasteiger partial charge on any atom is 0.226 e. The van der Waals surface area contributed by atoms with Gasteiger partial charge in [-0.3, -0.25) is 4.79 Å². The summed E-state index contributed by atoms with van der Waals surface area (Å²) in [5, 5.41) is 4.35. The molecule has 4 unspecified atom stereocenters. The topological polar surface area (TPSA) is 38.3 Å². The van der Waals surface area contributed by atoms with E-state index in [-0.39, 0.29) is 24.0 Å². The average Bonchev–Trinajstić information content (AvgIpc) is 2.64. The molecule has 2 fully saturated rings. The third-order valence-electron chi connectivity index (χ3n) is 4.96. The standard InChI is InChI=1S/C15H26BrNO2/c1-9-10(2)19-11(3)14(9)15(18)17-13-6-4-12(8-16)5-7-13/h9-14H,4-8H2,1-3H3,(H,17,18). The highest BCUT2D eigenvalue weighted by molar-refractivity contribution is 9.09. The number of amides is 1. The Morgan fingerprint density at radius 2 is 1.79 bits per heavy atom. The number of hydrogen-bond acceptors (Lipinski definition) is 2. The monoisotopic (exact) mass is 331 g/mol. The van der Waals surface area contributed by atoms with Crippen LogP contribution in [-0.4, -0.2) is 29.5 Å². The number of nitrogens with one attached hydrogen (secondary N) is 1. The fraction of sp³-hybridized carbons (Fsp3) is 0.933. The first-order chi connectivity index (χ1) is 9.02. The zero-order valence-corrected chi connectivity index (χ0v) is 13.8. The highest BCUT2D eigenvalue weighted by Gasteiger charge is 2.42. The van der Waals surface area contributed by atoms with Crippen molar-refractivity contribution >= 4 is 21.8 Å². The van der Waals surface area contributed by atoms with Crippen molar-refractivity contribution in [3.8, 4) is 0 Å². The smallest absolute Gasteiger partial charge is 0.226 e. The second-order valence-corrected chi connectivity index (χ2v) is 6.96. The summed E-state index contributed by atoms with van der Waals surface area (Å²) >= 11 is 3.55. The van der Waals surface area contributed by atoms with Crippen LogP contribution in [0.4, 0.5) is 0 Å². The fourth-order valence-electron chi connectivity index (χ4n) is 3.48. The normalized spacial score (nSPS) is 43.2. The van der Waals surface area contributed by atoms with E-state index in [0.717, 1.165) is 24.1 Å². The summed E-state index contributed by atoms with van der Waals surface area (Å²) in [6.45, 7) is 6.21. The molecule has 0 bridgehead atoms. The van der Waals surface area contributed by atoms with Gasteiger partial charge >= 0.3 is 0 Å². The second-order valence-electron chi connectivity index (χ2n) is 6.31. The van der Waals surface area contributed by atoms with Crippen LogP contribution in [0.15, 0.2) is 0 Å². The molecule has 0 aromatic heterocycles. The molecule has 0 aromatic carbocycles. The van der Waals surface area contributed by atoms with Gasteiger partial charge in [-0.25, -0.2) is 0 Å². The summed E-state index contributed by atoms with van der Waals surface area (Å²) in [7, 11) is 0. The van der Waals surface area contributed by atoms with Gasteiger partial charge in [0.15, 0.2) is 0 Å². The summed E-state index contributed by atoms with van der Waals surface area (Å²) in [5.74, 6) is 1.32. The molecule has 19 heavy (non-hydrogen) atoms. The molecule has 1 saturated carbocycles. The Morgan fingerprint density at radius 3 is 2.26 bits per heavy atom. The third-order valence-corrected chi connectivity index (χ3v) is 5.87. The molecule has 2 aliphatic rings. The zero-order valence-electron chi connectivity index (χ0n) is 12.2. The number of ether oxygens (including phenoxy) is 1. The number of halogens is 1. The van der Waals surface area contributed by atoms with E-state index >= 15 is 0 Å². The Bertz CT molecular complexity index is 315. The quantitative estimate of drug-likeness (QED) is 0.807. The van der Waals surface area contributed by atoms with Crippen molar-refractivity contribution in [1.29, 1.82) is 0 Å². The van der Waals surface area contributed by atoms with Gasteiger partial charge in [0.2, 0.25) is 5.91 Å². The molecule has 0 radical (unpaired) electrons. The van der Waals surface area contributed by atoms with Gasteiger partial charge in [-0.15, -0.1) is 0 Å². The van der Waals surface area contributed by atoms with Crippen molar-refractivity contribution in [2.75, 3.05) is 5.33 Å². The molecule has 1 saturated heterocycles. The number of carbonyl (C=O) groups is 1. The minimum absolute atomic E-state index is 0.0175. The van der Waals surface area contributed by atoms with Gasteiger partial charge in [0.1, 0.15) is 0 Å². The van der Waals surface area contributed by atoms with Crippen LogP contribution in [0.5, 0.6) is 0 Å². The molecule has 1 N–H and O–H groups in total. The van der Waals surface area contributed by atoms with Crippen molar-refractivity contribution in [3.63, 3.8) is 0 Å². The lowest BCUT2D eigenvalue weighted by molar-refractivity contribution is -0.128. The lowest BCUT2D eigenvalue weighted by Crippen LogP contribution is -2.44. The van der Waals surface area contributed by atoms with Crippen LogP contribution in [-0.2, 0) is 9.53 Å². The van der Waals surface area contributed by atoms with Crippen LogP contribution >= 0.6 is 15.9 Å². The van der Waals surface area contributed by atoms with Crippen molar-refractivity contribution in [2.24, 2.45) is 17.8 Å². The second kappa shape index (κ2) is 6.57. The first-order valence-electron chi connectivity index (χ1n) is 7.54. The highest BCUT2D eigenvalue weighted by atomic mass is 79.9. The summed E-state index contributed by atoms with van der Waals surface area (Å²) in [6, 6.07) is 0.373. The van der Waals surface area contributed by atoms with E-state index in [1.165, 1.54) is 12.8 Å². The summed E-state index contributed by atoms with van der Waals surface area (Å²) in [4.78, 5) is 12.4. The van der Waals surface area contributed by atoms with Crippen molar-refractivity contribution < 1.29 is 9.53 Å². The van der Waals surface area contributed by atoms with E-state index < -0.39 is 0 Å². The molecule has 4 atom stereocenters. The summed E-state index contributed by atoms with van der Waals surface area (Å²) in [5.41, 5.74) is 0. The van der Waals surface area contributed by atoms with E-state index in [1.807, 2.05) is 6.92 Å². The molecular weight excluding hydrogens is 306 g/mol. The van der Waals surface area contributed by atoms with Gasteiger partial charge in [-0.1, -0.05) is 22.9 Å². The van der Waals surface area contributed by atoms with Crippen molar-refractivity contribution in [3.05, 3.63) is 0 Å². The van der Waals surface area contributed by atoms with Crippen LogP contribution in [0.3, 0.4) is 0 Å². The maximum absolute atomic E-state index is 12.4. The molecule has 0 aromatic rings. The van der Waals surface area contributed by atoms with Gasteiger partial charge in [-0.2, -0.15) is 0 Å². The van der Waals surface area contributed by atoms with E-state index in [1.54, 1.807) is 0 Å². The minimum Gasteiger partial charge on any atom is -0.374 e. The molecule has 110 valence electrons. The van der Waals surface area contributed by atoms with Crippen molar-refractivity contribution in [2.45, 2.75) is 64.7 Å². The van der Waals surface area contributed by atoms with Gasteiger partial charge in [-0.05, 0) is 51.4 Å². The van der Waals surface area contributed by atoms with E-state index in [4.69, 9.17) is 4.74 Å². The maximum atomic E-state index is 12.4. The van der Waals surface area contributed by atoms with Gasteiger partial charge in [0.25, 0.3) is 0 Å². The number of alkyl halides is 1. The van der Waals surface area contributed by atoms with Gasteiger partial charge in [0, 0.05) is 11.4 Å². The predicted octanol–water partition coefficient (Wildman–Crippen LogP) is 3.12. The van der Waals surface area contributed by atoms with Crippen molar-refractivity contribution in [1.82, 2.24) is 5.32 Å². The summed E-state index contributed by atoms with van der Waals surface area (Å²) < 4.78 is 5.76. The highest BCUT2D eigenvalue weighted by Crippen LogP contribution is 2.33. The third kappa shape index (κ3) is 3.52. The molecule has 1 heterocycles. The minimum atomic E-state index is 0.0175. The van der Waals surface area contributed by atoms with Crippen LogP contribution in [0.25, 0.3) is 0 Å². The Kier molecular flexibility index (Phi) is 5.29. The number of hydrogen-bond donors (Lipinski definition) is 1. The van der Waals surface area contributed by atoms with Crippen LogP contribution in [0.2, 0.25) is 0 Å². The molecule has 4 heteroatoms. The largest absolute Gasteiger partial charge is 0.374 e. The molecule has 1 aliphatic carbocycles. The SMILES string of the molecule is CC1OC(C)C(C(=O)NC2CCC(CBr)CC2)C1C. The Labute approximate surface area is 125 Å². The average molecular weight is 332 g/mol. The van der Waals surface area contributed by atoms with Crippen LogP contribution in [0.1, 0.15) is 46.5 Å². The Balaban J connectivity index is 1.84. The van der Waals surface area contributed by atoms with E-state index in [2.05, 4.69) is 35.1 Å². The van der Waals surface area contributed by atoms with E-state index in [9.17, 15) is 4.79 Å². The lowest BCUT2D eigenvalue weighted by atomic mass is 9.85. The molecular formula is C15H26BrNO2. The van der Waals surface area contributed by atoms with Crippen LogP contribution in [0, 0.1) is 17.8 Å². The Hall–Kier alpha value is -0.0900. The lowest BCUT2D eigenvalue weighted by Gasteiger charge is -2.29. The molecule has 1 amide bonds. The van der Waals surface area contributed by atoms with Gasteiger partial charge < -0.3 is 10.1 Å². The Morgan fingerprint density at radius 1 is 1.16 bits per heavy atom. The molecule has 0 spiro atoms. The first-order valence-corrected chi connectivity index (χ1v) is 8.66. The first kappa shape index (κ1) is 15.3. The molecule has 1 aliphatic heterocycles. The number of rotatable bonds is 3. The fourth-order valence-corrected chi connectivity index (χ4v) is 4.12. The zero-order chi connectivity index (χ0) is 14.0. The van der Waals surface area contributed by atoms with Gasteiger partial charge in [0.05, 0.1) is 18.1 Å². The van der Waals surface area contributed by atoms with E-state index in [0.29, 0.717) is 12.0 Å². The molecule has 3 nitrogen and oxygen atoms in total. The predicted molar refractivity (Wildman–Crippen MR) is 80.3 cm³/mol. The van der Waals surface area contributed by atoms with Crippen LogP contribution < -0.4 is 5.32 Å².